The van der Waals surface area contributed by atoms with Crippen molar-refractivity contribution in [2.24, 2.45) is 0 Å². The molecule has 1 heterocycles. The zero-order valence-corrected chi connectivity index (χ0v) is 23.1. The molecule has 0 saturated carbocycles. The molecule has 0 amide bonds. The second kappa shape index (κ2) is 10.4. The molecule has 6 nitrogen and oxygen atoms in total. The Bertz CT molecular complexity index is 2140. The van der Waals surface area contributed by atoms with Gasteiger partial charge in [0, 0.05) is 17.1 Å². The Kier molecular flexibility index (Phi) is 6.01. The van der Waals surface area contributed by atoms with E-state index in [1.54, 1.807) is 0 Å². The molecule has 8 aromatic rings. The van der Waals surface area contributed by atoms with Crippen molar-refractivity contribution in [3.63, 3.8) is 0 Å². The summed E-state index contributed by atoms with van der Waals surface area (Å²) in [6.07, 6.45) is 0. The molecule has 3 N–H and O–H groups in total. The Hall–Kier alpha value is -6.01. The standard InChI is InChI=1S/C37H26N6/c1-2-12-32(13-3-1)38-35-41-36(39-33-16-14-28-18-24-8-4-6-10-26(24)20-30(28)22-33)43-37(42-35)40-34-17-15-29-19-25-9-5-7-11-27(25)21-31(29)23-34/h1-23H,(H3,38,39,40,41,42,43). The van der Waals surface area contributed by atoms with Gasteiger partial charge >= 0.3 is 0 Å². The van der Waals surface area contributed by atoms with E-state index in [-0.39, 0.29) is 0 Å². The maximum atomic E-state index is 4.74. The first-order valence-electron chi connectivity index (χ1n) is 14.2. The normalized spacial score (nSPS) is 11.3. The van der Waals surface area contributed by atoms with Crippen molar-refractivity contribution in [2.75, 3.05) is 16.0 Å². The molecule has 0 spiro atoms. The lowest BCUT2D eigenvalue weighted by Gasteiger charge is -2.13. The van der Waals surface area contributed by atoms with Crippen molar-refractivity contribution in [3.8, 4) is 0 Å². The lowest BCUT2D eigenvalue weighted by atomic mass is 10.0. The number of hydrogen-bond acceptors (Lipinski definition) is 6. The van der Waals surface area contributed by atoms with Crippen LogP contribution in [-0.4, -0.2) is 15.0 Å². The van der Waals surface area contributed by atoms with Crippen LogP contribution in [0.3, 0.4) is 0 Å². The highest BCUT2D eigenvalue weighted by atomic mass is 15.3. The number of fused-ring (bicyclic) bond motifs is 4. The van der Waals surface area contributed by atoms with Gasteiger partial charge in [-0.05, 0) is 104 Å². The molecule has 43 heavy (non-hydrogen) atoms. The van der Waals surface area contributed by atoms with Gasteiger partial charge < -0.3 is 16.0 Å². The number of benzene rings is 7. The summed E-state index contributed by atoms with van der Waals surface area (Å²) >= 11 is 0. The number of para-hydroxylation sites is 1. The molecule has 0 bridgehead atoms. The Morgan fingerprint density at radius 3 is 1.07 bits per heavy atom. The molecule has 204 valence electrons. The van der Waals surface area contributed by atoms with Crippen LogP contribution >= 0.6 is 0 Å². The number of nitrogens with zero attached hydrogens (tertiary/aromatic N) is 3. The molecular formula is C37H26N6. The third kappa shape index (κ3) is 5.13. The van der Waals surface area contributed by atoms with E-state index in [0.717, 1.165) is 27.8 Å². The predicted octanol–water partition coefficient (Wildman–Crippen LogP) is 9.72. The smallest absolute Gasteiger partial charge is 0.233 e. The summed E-state index contributed by atoms with van der Waals surface area (Å²) in [7, 11) is 0. The monoisotopic (exact) mass is 554 g/mol. The SMILES string of the molecule is c1ccc(Nc2nc(Nc3ccc4cc5ccccc5cc4c3)nc(Nc3ccc4cc5ccccc5cc4c3)n2)cc1. The molecule has 8 rings (SSSR count). The van der Waals surface area contributed by atoms with Crippen LogP contribution in [0.2, 0.25) is 0 Å². The summed E-state index contributed by atoms with van der Waals surface area (Å²) in [6, 6.07) is 48.1. The van der Waals surface area contributed by atoms with Crippen LogP contribution in [0.15, 0.2) is 140 Å². The minimum atomic E-state index is 0.433. The number of anilines is 6. The van der Waals surface area contributed by atoms with Crippen LogP contribution in [0, 0.1) is 0 Å². The van der Waals surface area contributed by atoms with Gasteiger partial charge in [0.2, 0.25) is 17.8 Å². The van der Waals surface area contributed by atoms with E-state index in [1.807, 2.05) is 42.5 Å². The predicted molar refractivity (Wildman–Crippen MR) is 179 cm³/mol. The molecule has 0 saturated heterocycles. The highest BCUT2D eigenvalue weighted by molar-refractivity contribution is 6.00. The Morgan fingerprint density at radius 2 is 0.628 bits per heavy atom. The van der Waals surface area contributed by atoms with E-state index in [9.17, 15) is 0 Å². The second-order valence-electron chi connectivity index (χ2n) is 10.6. The zero-order valence-electron chi connectivity index (χ0n) is 23.1. The first-order valence-corrected chi connectivity index (χ1v) is 14.2. The van der Waals surface area contributed by atoms with Gasteiger partial charge in [-0.25, -0.2) is 0 Å². The molecule has 0 aliphatic heterocycles. The minimum absolute atomic E-state index is 0.433. The van der Waals surface area contributed by atoms with E-state index in [1.165, 1.54) is 32.3 Å². The summed E-state index contributed by atoms with van der Waals surface area (Å²) < 4.78 is 0. The maximum Gasteiger partial charge on any atom is 0.233 e. The maximum absolute atomic E-state index is 4.74. The van der Waals surface area contributed by atoms with Crippen molar-refractivity contribution in [3.05, 3.63) is 140 Å². The van der Waals surface area contributed by atoms with Crippen LogP contribution in [0.4, 0.5) is 34.9 Å². The number of aromatic nitrogens is 3. The quantitative estimate of drug-likeness (QED) is 0.178. The van der Waals surface area contributed by atoms with Gasteiger partial charge in [0.25, 0.3) is 0 Å². The summed E-state index contributed by atoms with van der Waals surface area (Å²) in [5, 5.41) is 19.6. The van der Waals surface area contributed by atoms with Crippen LogP contribution < -0.4 is 16.0 Å². The lowest BCUT2D eigenvalue weighted by molar-refractivity contribution is 1.06. The van der Waals surface area contributed by atoms with Gasteiger partial charge in [-0.1, -0.05) is 78.9 Å². The fourth-order valence-electron chi connectivity index (χ4n) is 5.49. The van der Waals surface area contributed by atoms with Crippen LogP contribution in [0.25, 0.3) is 43.1 Å². The van der Waals surface area contributed by atoms with Gasteiger partial charge in [-0.2, -0.15) is 15.0 Å². The Morgan fingerprint density at radius 1 is 0.279 bits per heavy atom. The number of nitrogens with one attached hydrogen (secondary N) is 3. The third-order valence-electron chi connectivity index (χ3n) is 7.59. The van der Waals surface area contributed by atoms with E-state index in [4.69, 9.17) is 15.0 Å². The minimum Gasteiger partial charge on any atom is -0.324 e. The summed E-state index contributed by atoms with van der Waals surface area (Å²) in [6.45, 7) is 0. The Balaban J connectivity index is 1.15. The molecule has 0 radical (unpaired) electrons. The van der Waals surface area contributed by atoms with Crippen molar-refractivity contribution >= 4 is 78.0 Å². The fraction of sp³-hybridized carbons (Fsp3) is 0. The van der Waals surface area contributed by atoms with Crippen molar-refractivity contribution < 1.29 is 0 Å². The number of hydrogen-bond donors (Lipinski definition) is 3. The average Bonchev–Trinajstić information content (AvgIpc) is 3.03. The van der Waals surface area contributed by atoms with Gasteiger partial charge in [0.15, 0.2) is 0 Å². The summed E-state index contributed by atoms with van der Waals surface area (Å²) in [4.78, 5) is 14.1. The third-order valence-corrected chi connectivity index (χ3v) is 7.59. The molecule has 0 fully saturated rings. The van der Waals surface area contributed by atoms with E-state index < -0.39 is 0 Å². The Labute approximate surface area is 248 Å². The van der Waals surface area contributed by atoms with E-state index in [0.29, 0.717) is 17.8 Å². The molecule has 0 aliphatic rings. The largest absolute Gasteiger partial charge is 0.324 e. The lowest BCUT2D eigenvalue weighted by Crippen LogP contribution is -2.07. The molecule has 1 aromatic heterocycles. The van der Waals surface area contributed by atoms with Crippen LogP contribution in [0.1, 0.15) is 0 Å². The first kappa shape index (κ1) is 24.8. The molecule has 0 atom stereocenters. The highest BCUT2D eigenvalue weighted by Gasteiger charge is 2.10. The first-order chi connectivity index (χ1) is 21.2. The van der Waals surface area contributed by atoms with Gasteiger partial charge in [0.1, 0.15) is 0 Å². The van der Waals surface area contributed by atoms with E-state index in [2.05, 4.69) is 113 Å². The van der Waals surface area contributed by atoms with Gasteiger partial charge in [-0.15, -0.1) is 0 Å². The molecule has 7 aromatic carbocycles. The summed E-state index contributed by atoms with van der Waals surface area (Å²) in [5.74, 6) is 1.30. The number of rotatable bonds is 6. The van der Waals surface area contributed by atoms with Crippen LogP contribution in [0.5, 0.6) is 0 Å². The van der Waals surface area contributed by atoms with Gasteiger partial charge in [-0.3, -0.25) is 0 Å². The zero-order chi connectivity index (χ0) is 28.6. The average molecular weight is 555 g/mol. The second-order valence-corrected chi connectivity index (χ2v) is 10.6. The summed E-state index contributed by atoms with van der Waals surface area (Å²) in [5.41, 5.74) is 2.67. The molecule has 0 unspecified atom stereocenters. The topological polar surface area (TPSA) is 74.8 Å². The molecule has 6 heteroatoms. The van der Waals surface area contributed by atoms with Crippen molar-refractivity contribution in [1.82, 2.24) is 15.0 Å². The van der Waals surface area contributed by atoms with E-state index >= 15 is 0 Å². The van der Waals surface area contributed by atoms with Crippen molar-refractivity contribution in [1.29, 1.82) is 0 Å². The molecular weight excluding hydrogens is 528 g/mol. The van der Waals surface area contributed by atoms with Crippen LogP contribution in [-0.2, 0) is 0 Å². The molecule has 0 aliphatic carbocycles. The van der Waals surface area contributed by atoms with Crippen molar-refractivity contribution in [2.45, 2.75) is 0 Å². The van der Waals surface area contributed by atoms with Gasteiger partial charge in [0.05, 0.1) is 0 Å². The fourth-order valence-corrected chi connectivity index (χ4v) is 5.49. The highest BCUT2D eigenvalue weighted by Crippen LogP contribution is 2.29.